The standard InChI is InChI=1S/C20H26N6O/c1-16-22-20(24-23-16)19-4-2-11-26(19)14-17-5-7-18(8-6-17)27-13-3-10-25-12-9-21-15-25/h5-9,12,15,19H,2-4,10-11,13-14H2,1H3,(H,22,23,24). The van der Waals surface area contributed by atoms with E-state index in [1.54, 1.807) is 6.20 Å². The normalized spacial score (nSPS) is 17.4. The first kappa shape index (κ1) is 17.7. The summed E-state index contributed by atoms with van der Waals surface area (Å²) in [4.78, 5) is 11.0. The Labute approximate surface area is 159 Å². The molecule has 142 valence electrons. The summed E-state index contributed by atoms with van der Waals surface area (Å²) in [6, 6.07) is 8.76. The molecule has 3 aromatic rings. The van der Waals surface area contributed by atoms with Crippen LogP contribution >= 0.6 is 0 Å². The van der Waals surface area contributed by atoms with Crippen LogP contribution in [-0.2, 0) is 13.1 Å². The summed E-state index contributed by atoms with van der Waals surface area (Å²) < 4.78 is 7.92. The van der Waals surface area contributed by atoms with Gasteiger partial charge in [0.15, 0.2) is 5.82 Å². The quantitative estimate of drug-likeness (QED) is 0.620. The predicted octanol–water partition coefficient (Wildman–Crippen LogP) is 3.12. The van der Waals surface area contributed by atoms with Crippen molar-refractivity contribution < 1.29 is 4.74 Å². The molecule has 0 bridgehead atoms. The summed E-state index contributed by atoms with van der Waals surface area (Å²) in [6.45, 7) is 5.58. The predicted molar refractivity (Wildman–Crippen MR) is 102 cm³/mol. The Bertz CT molecular complexity index is 827. The monoisotopic (exact) mass is 366 g/mol. The van der Waals surface area contributed by atoms with Crippen molar-refractivity contribution >= 4 is 0 Å². The van der Waals surface area contributed by atoms with Crippen molar-refractivity contribution in [1.82, 2.24) is 29.6 Å². The lowest BCUT2D eigenvalue weighted by atomic mass is 10.1. The molecule has 7 nitrogen and oxygen atoms in total. The Morgan fingerprint density at radius 2 is 2.15 bits per heavy atom. The van der Waals surface area contributed by atoms with E-state index in [1.165, 1.54) is 12.0 Å². The number of benzene rings is 1. The van der Waals surface area contributed by atoms with E-state index in [1.807, 2.05) is 19.4 Å². The number of aromatic amines is 1. The van der Waals surface area contributed by atoms with Crippen molar-refractivity contribution in [3.05, 3.63) is 60.2 Å². The Morgan fingerprint density at radius 1 is 1.26 bits per heavy atom. The van der Waals surface area contributed by atoms with Crippen LogP contribution in [0.3, 0.4) is 0 Å². The van der Waals surface area contributed by atoms with Gasteiger partial charge in [-0.2, -0.15) is 5.10 Å². The van der Waals surface area contributed by atoms with E-state index in [-0.39, 0.29) is 0 Å². The molecule has 1 aromatic carbocycles. The average Bonchev–Trinajstić information content (AvgIpc) is 3.42. The van der Waals surface area contributed by atoms with Crippen LogP contribution in [0.25, 0.3) is 0 Å². The highest BCUT2D eigenvalue weighted by Gasteiger charge is 2.28. The topological polar surface area (TPSA) is 71.9 Å². The lowest BCUT2D eigenvalue weighted by Crippen LogP contribution is -2.23. The summed E-state index contributed by atoms with van der Waals surface area (Å²) in [5, 5.41) is 7.32. The van der Waals surface area contributed by atoms with Crippen LogP contribution in [0.4, 0.5) is 0 Å². The first-order valence-electron chi connectivity index (χ1n) is 9.58. The van der Waals surface area contributed by atoms with Crippen LogP contribution in [0.1, 0.15) is 42.5 Å². The molecule has 1 N–H and O–H groups in total. The van der Waals surface area contributed by atoms with E-state index in [2.05, 4.69) is 53.9 Å². The highest BCUT2D eigenvalue weighted by Crippen LogP contribution is 2.31. The highest BCUT2D eigenvalue weighted by atomic mass is 16.5. The molecule has 1 unspecified atom stereocenters. The molecule has 7 heteroatoms. The van der Waals surface area contributed by atoms with Crippen molar-refractivity contribution in [2.75, 3.05) is 13.2 Å². The van der Waals surface area contributed by atoms with Crippen molar-refractivity contribution in [1.29, 1.82) is 0 Å². The second kappa shape index (κ2) is 8.35. The second-order valence-electron chi connectivity index (χ2n) is 7.05. The lowest BCUT2D eigenvalue weighted by Gasteiger charge is -2.22. The summed E-state index contributed by atoms with van der Waals surface area (Å²) in [5.74, 6) is 2.72. The minimum Gasteiger partial charge on any atom is -0.494 e. The molecule has 0 radical (unpaired) electrons. The fourth-order valence-corrected chi connectivity index (χ4v) is 3.60. The minimum atomic E-state index is 0.314. The SMILES string of the molecule is Cc1nc(C2CCCN2Cc2ccc(OCCCn3ccnc3)cc2)n[nH]1. The van der Waals surface area contributed by atoms with Crippen molar-refractivity contribution in [2.45, 2.75) is 45.3 Å². The third kappa shape index (κ3) is 4.54. The third-order valence-corrected chi connectivity index (χ3v) is 4.97. The fourth-order valence-electron chi connectivity index (χ4n) is 3.60. The Kier molecular flexibility index (Phi) is 5.48. The van der Waals surface area contributed by atoms with E-state index in [9.17, 15) is 0 Å². The maximum Gasteiger partial charge on any atom is 0.167 e. The maximum absolute atomic E-state index is 5.85. The van der Waals surface area contributed by atoms with Crippen molar-refractivity contribution in [2.24, 2.45) is 0 Å². The number of hydrogen-bond acceptors (Lipinski definition) is 5. The van der Waals surface area contributed by atoms with E-state index < -0.39 is 0 Å². The number of aromatic nitrogens is 5. The molecule has 0 saturated carbocycles. The van der Waals surface area contributed by atoms with Crippen LogP contribution < -0.4 is 4.74 Å². The Balaban J connectivity index is 1.27. The molecule has 1 saturated heterocycles. The molecule has 0 aliphatic carbocycles. The van der Waals surface area contributed by atoms with Crippen LogP contribution in [-0.4, -0.2) is 42.8 Å². The zero-order valence-electron chi connectivity index (χ0n) is 15.7. The number of rotatable bonds is 8. The number of hydrogen-bond donors (Lipinski definition) is 1. The van der Waals surface area contributed by atoms with Gasteiger partial charge in [0.05, 0.1) is 19.0 Å². The van der Waals surface area contributed by atoms with Gasteiger partial charge in [-0.25, -0.2) is 9.97 Å². The van der Waals surface area contributed by atoms with E-state index in [0.717, 1.165) is 49.9 Å². The maximum atomic E-state index is 5.85. The molecule has 1 aliphatic rings. The van der Waals surface area contributed by atoms with Crippen LogP contribution in [0, 0.1) is 6.92 Å². The Morgan fingerprint density at radius 3 is 2.89 bits per heavy atom. The number of imidazole rings is 1. The van der Waals surface area contributed by atoms with E-state index >= 15 is 0 Å². The Hall–Kier alpha value is -2.67. The smallest absolute Gasteiger partial charge is 0.167 e. The molecule has 1 aliphatic heterocycles. The summed E-state index contributed by atoms with van der Waals surface area (Å²) in [6.07, 6.45) is 8.88. The molecule has 4 rings (SSSR count). The number of ether oxygens (including phenoxy) is 1. The number of aryl methyl sites for hydroxylation is 2. The zero-order chi connectivity index (χ0) is 18.5. The molecule has 27 heavy (non-hydrogen) atoms. The molecular weight excluding hydrogens is 340 g/mol. The van der Waals surface area contributed by atoms with Crippen molar-refractivity contribution in [3.8, 4) is 5.75 Å². The summed E-state index contributed by atoms with van der Waals surface area (Å²) >= 11 is 0. The van der Waals surface area contributed by atoms with Crippen molar-refractivity contribution in [3.63, 3.8) is 0 Å². The molecular formula is C20H26N6O. The second-order valence-corrected chi connectivity index (χ2v) is 7.05. The molecule has 1 atom stereocenters. The largest absolute Gasteiger partial charge is 0.494 e. The third-order valence-electron chi connectivity index (χ3n) is 4.97. The highest BCUT2D eigenvalue weighted by molar-refractivity contribution is 5.27. The van der Waals surface area contributed by atoms with Gasteiger partial charge in [0.25, 0.3) is 0 Å². The first-order valence-corrected chi connectivity index (χ1v) is 9.58. The number of likely N-dealkylation sites (tertiary alicyclic amines) is 1. The minimum absolute atomic E-state index is 0.314. The van der Waals surface area contributed by atoms with E-state index in [0.29, 0.717) is 12.6 Å². The van der Waals surface area contributed by atoms with Gasteiger partial charge in [-0.3, -0.25) is 10.00 Å². The van der Waals surface area contributed by atoms with Gasteiger partial charge < -0.3 is 9.30 Å². The van der Waals surface area contributed by atoms with Gasteiger partial charge in [-0.15, -0.1) is 0 Å². The van der Waals surface area contributed by atoms with E-state index in [4.69, 9.17) is 4.74 Å². The van der Waals surface area contributed by atoms with Gasteiger partial charge in [-0.05, 0) is 50.4 Å². The fraction of sp³-hybridized carbons (Fsp3) is 0.450. The lowest BCUT2D eigenvalue weighted by molar-refractivity contribution is 0.240. The van der Waals surface area contributed by atoms with Gasteiger partial charge in [0.1, 0.15) is 11.6 Å². The molecule has 0 spiro atoms. The first-order chi connectivity index (χ1) is 13.3. The molecule has 3 heterocycles. The van der Waals surface area contributed by atoms with Gasteiger partial charge >= 0.3 is 0 Å². The summed E-state index contributed by atoms with van der Waals surface area (Å²) in [7, 11) is 0. The molecule has 1 fully saturated rings. The number of H-pyrrole nitrogens is 1. The summed E-state index contributed by atoms with van der Waals surface area (Å²) in [5.41, 5.74) is 1.29. The van der Waals surface area contributed by atoms with Crippen LogP contribution in [0.2, 0.25) is 0 Å². The number of nitrogens with zero attached hydrogens (tertiary/aromatic N) is 5. The van der Waals surface area contributed by atoms with Gasteiger partial charge in [0, 0.05) is 25.5 Å². The average molecular weight is 366 g/mol. The van der Waals surface area contributed by atoms with Crippen LogP contribution in [0.15, 0.2) is 43.0 Å². The zero-order valence-corrected chi connectivity index (χ0v) is 15.7. The van der Waals surface area contributed by atoms with Gasteiger partial charge in [0.2, 0.25) is 0 Å². The van der Waals surface area contributed by atoms with Crippen LogP contribution in [0.5, 0.6) is 5.75 Å². The van der Waals surface area contributed by atoms with Gasteiger partial charge in [-0.1, -0.05) is 12.1 Å². The number of nitrogens with one attached hydrogen (secondary N) is 1. The molecule has 0 amide bonds. The molecule has 2 aromatic heterocycles.